The van der Waals surface area contributed by atoms with Crippen LogP contribution in [0.5, 0.6) is 5.75 Å². The van der Waals surface area contributed by atoms with E-state index in [-0.39, 0.29) is 11.9 Å². The fraction of sp³-hybridized carbons (Fsp3) is 0.333. The van der Waals surface area contributed by atoms with Gasteiger partial charge in [-0.1, -0.05) is 32.0 Å². The van der Waals surface area contributed by atoms with Crippen LogP contribution in [0.1, 0.15) is 42.0 Å². The van der Waals surface area contributed by atoms with Crippen molar-refractivity contribution in [2.45, 2.75) is 25.8 Å². The molecule has 0 saturated carbocycles. The van der Waals surface area contributed by atoms with E-state index >= 15 is 0 Å². The zero-order chi connectivity index (χ0) is 18.3. The molecular formula is C21H23N3O2. The molecule has 0 bridgehead atoms. The second-order valence-corrected chi connectivity index (χ2v) is 7.08. The minimum atomic E-state index is 0.0515. The second-order valence-electron chi connectivity index (χ2n) is 7.08. The largest absolute Gasteiger partial charge is 0.497 e. The van der Waals surface area contributed by atoms with E-state index in [0.717, 1.165) is 16.9 Å². The predicted molar refractivity (Wildman–Crippen MR) is 102 cm³/mol. The zero-order valence-corrected chi connectivity index (χ0v) is 15.3. The van der Waals surface area contributed by atoms with Gasteiger partial charge in [-0.25, -0.2) is 4.98 Å². The molecule has 5 heteroatoms. The van der Waals surface area contributed by atoms with E-state index in [4.69, 9.17) is 9.72 Å². The Morgan fingerprint density at radius 1 is 1.15 bits per heavy atom. The summed E-state index contributed by atoms with van der Waals surface area (Å²) < 4.78 is 7.54. The lowest BCUT2D eigenvalue weighted by Gasteiger charge is -2.41. The van der Waals surface area contributed by atoms with Crippen LogP contribution in [0, 0.1) is 0 Å². The van der Waals surface area contributed by atoms with Gasteiger partial charge < -0.3 is 14.2 Å². The highest BCUT2D eigenvalue weighted by molar-refractivity contribution is 5.95. The normalized spacial score (nSPS) is 14.7. The SMILES string of the molecule is COc1cccc(C(=O)N2CC(n3c(C(C)C)nc4ccccc43)C2)c1. The summed E-state index contributed by atoms with van der Waals surface area (Å²) in [6, 6.07) is 15.8. The molecule has 0 atom stereocenters. The van der Waals surface area contributed by atoms with Gasteiger partial charge in [0.05, 0.1) is 24.2 Å². The Kier molecular flexibility index (Phi) is 4.15. The Labute approximate surface area is 153 Å². The summed E-state index contributed by atoms with van der Waals surface area (Å²) in [6.07, 6.45) is 0. The number of amides is 1. The van der Waals surface area contributed by atoms with Crippen molar-refractivity contribution >= 4 is 16.9 Å². The molecule has 0 spiro atoms. The van der Waals surface area contributed by atoms with E-state index in [0.29, 0.717) is 30.3 Å². The number of hydrogen-bond donors (Lipinski definition) is 0. The van der Waals surface area contributed by atoms with Crippen molar-refractivity contribution in [3.05, 3.63) is 59.9 Å². The van der Waals surface area contributed by atoms with E-state index in [1.54, 1.807) is 13.2 Å². The molecular weight excluding hydrogens is 326 g/mol. The lowest BCUT2D eigenvalue weighted by molar-refractivity contribution is 0.0521. The molecule has 3 aromatic rings. The Hall–Kier alpha value is -2.82. The molecule has 0 N–H and O–H groups in total. The molecule has 1 aromatic heterocycles. The molecule has 1 amide bonds. The quantitative estimate of drug-likeness (QED) is 0.718. The average Bonchev–Trinajstić information content (AvgIpc) is 3.00. The lowest BCUT2D eigenvalue weighted by atomic mass is 10.0. The first-order chi connectivity index (χ1) is 12.6. The molecule has 1 aliphatic heterocycles. The van der Waals surface area contributed by atoms with Crippen LogP contribution in [0.3, 0.4) is 0 Å². The van der Waals surface area contributed by atoms with Gasteiger partial charge in [-0.2, -0.15) is 0 Å². The lowest BCUT2D eigenvalue weighted by Crippen LogP contribution is -2.51. The Balaban J connectivity index is 1.57. The molecule has 26 heavy (non-hydrogen) atoms. The topological polar surface area (TPSA) is 47.4 Å². The van der Waals surface area contributed by atoms with E-state index in [1.807, 2.05) is 35.2 Å². The number of ether oxygens (including phenoxy) is 1. The number of hydrogen-bond acceptors (Lipinski definition) is 3. The number of imidazole rings is 1. The summed E-state index contributed by atoms with van der Waals surface area (Å²) in [5.41, 5.74) is 2.84. The van der Waals surface area contributed by atoms with Gasteiger partial charge >= 0.3 is 0 Å². The molecule has 0 radical (unpaired) electrons. The summed E-state index contributed by atoms with van der Waals surface area (Å²) in [4.78, 5) is 19.4. The van der Waals surface area contributed by atoms with Crippen LogP contribution in [0.15, 0.2) is 48.5 Å². The van der Waals surface area contributed by atoms with Crippen LogP contribution >= 0.6 is 0 Å². The van der Waals surface area contributed by atoms with Gasteiger partial charge in [0.25, 0.3) is 5.91 Å². The van der Waals surface area contributed by atoms with E-state index in [1.165, 1.54) is 0 Å². The number of likely N-dealkylation sites (tertiary alicyclic amines) is 1. The van der Waals surface area contributed by atoms with E-state index in [2.05, 4.69) is 30.5 Å². The van der Waals surface area contributed by atoms with E-state index in [9.17, 15) is 4.79 Å². The number of aromatic nitrogens is 2. The summed E-state index contributed by atoms with van der Waals surface area (Å²) >= 11 is 0. The van der Waals surface area contributed by atoms with Crippen LogP contribution < -0.4 is 4.74 Å². The van der Waals surface area contributed by atoms with Crippen LogP contribution in [-0.2, 0) is 0 Å². The molecule has 134 valence electrons. The Morgan fingerprint density at radius 3 is 2.65 bits per heavy atom. The summed E-state index contributed by atoms with van der Waals surface area (Å²) in [5, 5.41) is 0. The highest BCUT2D eigenvalue weighted by Gasteiger charge is 2.35. The minimum absolute atomic E-state index is 0.0515. The third-order valence-corrected chi connectivity index (χ3v) is 4.97. The third-order valence-electron chi connectivity index (χ3n) is 4.97. The third kappa shape index (κ3) is 2.73. The number of carbonyl (C=O) groups is 1. The van der Waals surface area contributed by atoms with Crippen molar-refractivity contribution in [2.24, 2.45) is 0 Å². The first-order valence-corrected chi connectivity index (χ1v) is 8.98. The number of rotatable bonds is 4. The average molecular weight is 349 g/mol. The van der Waals surface area contributed by atoms with Crippen molar-refractivity contribution < 1.29 is 9.53 Å². The molecule has 5 nitrogen and oxygen atoms in total. The molecule has 2 heterocycles. The number of para-hydroxylation sites is 2. The fourth-order valence-corrected chi connectivity index (χ4v) is 3.58. The summed E-state index contributed by atoms with van der Waals surface area (Å²) in [5.74, 6) is 2.18. The van der Waals surface area contributed by atoms with Crippen LogP contribution in [0.4, 0.5) is 0 Å². The highest BCUT2D eigenvalue weighted by Crippen LogP contribution is 2.32. The predicted octanol–water partition coefficient (Wildman–Crippen LogP) is 3.87. The highest BCUT2D eigenvalue weighted by atomic mass is 16.5. The van der Waals surface area contributed by atoms with Crippen LogP contribution in [0.25, 0.3) is 11.0 Å². The van der Waals surface area contributed by atoms with Gasteiger partial charge in [0.2, 0.25) is 0 Å². The fourth-order valence-electron chi connectivity index (χ4n) is 3.58. The molecule has 0 aliphatic carbocycles. The molecule has 1 aliphatic rings. The maximum absolute atomic E-state index is 12.7. The minimum Gasteiger partial charge on any atom is -0.497 e. The van der Waals surface area contributed by atoms with Gasteiger partial charge in [0.1, 0.15) is 11.6 Å². The van der Waals surface area contributed by atoms with E-state index < -0.39 is 0 Å². The van der Waals surface area contributed by atoms with Gasteiger partial charge in [-0.3, -0.25) is 4.79 Å². The summed E-state index contributed by atoms with van der Waals surface area (Å²) in [6.45, 7) is 5.73. The molecule has 2 aromatic carbocycles. The van der Waals surface area contributed by atoms with Crippen molar-refractivity contribution in [3.63, 3.8) is 0 Å². The van der Waals surface area contributed by atoms with Crippen molar-refractivity contribution in [3.8, 4) is 5.75 Å². The van der Waals surface area contributed by atoms with Crippen LogP contribution in [0.2, 0.25) is 0 Å². The number of benzene rings is 2. The maximum Gasteiger partial charge on any atom is 0.254 e. The van der Waals surface area contributed by atoms with Gasteiger partial charge in [0, 0.05) is 24.6 Å². The van der Waals surface area contributed by atoms with Gasteiger partial charge in [0.15, 0.2) is 0 Å². The molecule has 4 rings (SSSR count). The number of carbonyl (C=O) groups excluding carboxylic acids is 1. The Bertz CT molecular complexity index is 955. The first-order valence-electron chi connectivity index (χ1n) is 8.98. The Morgan fingerprint density at radius 2 is 1.92 bits per heavy atom. The first kappa shape index (κ1) is 16.6. The maximum atomic E-state index is 12.7. The molecule has 1 saturated heterocycles. The number of methoxy groups -OCH3 is 1. The van der Waals surface area contributed by atoms with Crippen LogP contribution in [-0.4, -0.2) is 40.6 Å². The number of nitrogens with zero attached hydrogens (tertiary/aromatic N) is 3. The number of fused-ring (bicyclic) bond motifs is 1. The van der Waals surface area contributed by atoms with Crippen molar-refractivity contribution in [1.82, 2.24) is 14.5 Å². The second kappa shape index (κ2) is 6.48. The van der Waals surface area contributed by atoms with Crippen molar-refractivity contribution in [2.75, 3.05) is 20.2 Å². The van der Waals surface area contributed by atoms with Gasteiger partial charge in [-0.05, 0) is 30.3 Å². The smallest absolute Gasteiger partial charge is 0.254 e. The monoisotopic (exact) mass is 349 g/mol. The summed E-state index contributed by atoms with van der Waals surface area (Å²) in [7, 11) is 1.61. The standard InChI is InChI=1S/C21H23N3O2/c1-14(2)20-22-18-9-4-5-10-19(18)24(20)16-12-23(13-16)21(25)15-7-6-8-17(11-15)26-3/h4-11,14,16H,12-13H2,1-3H3. The molecule has 1 fully saturated rings. The zero-order valence-electron chi connectivity index (χ0n) is 15.3. The van der Waals surface area contributed by atoms with Gasteiger partial charge in [-0.15, -0.1) is 0 Å². The van der Waals surface area contributed by atoms with Crippen molar-refractivity contribution in [1.29, 1.82) is 0 Å². The molecule has 0 unspecified atom stereocenters.